The Morgan fingerprint density at radius 1 is 1.02 bits per heavy atom. The van der Waals surface area contributed by atoms with Gasteiger partial charge >= 0.3 is 22.3 Å². The predicted molar refractivity (Wildman–Crippen MR) is 147 cm³/mol. The molecule has 0 bridgehead atoms. The van der Waals surface area contributed by atoms with Gasteiger partial charge in [0, 0.05) is 16.2 Å². The van der Waals surface area contributed by atoms with E-state index in [4.69, 9.17) is 9.47 Å². The van der Waals surface area contributed by atoms with Crippen LogP contribution in [0.3, 0.4) is 0 Å². The van der Waals surface area contributed by atoms with E-state index in [2.05, 4.69) is 10.0 Å². The van der Waals surface area contributed by atoms with E-state index in [-0.39, 0.29) is 18.0 Å². The number of carbonyl (C=O) groups is 2. The van der Waals surface area contributed by atoms with Crippen molar-refractivity contribution >= 4 is 56.2 Å². The predicted octanol–water partition coefficient (Wildman–Crippen LogP) is 5.80. The molecule has 0 atom stereocenters. The van der Waals surface area contributed by atoms with Crippen LogP contribution in [0.2, 0.25) is 0 Å². The minimum absolute atomic E-state index is 0.0586. The molecule has 15 heteroatoms. The molecule has 0 aliphatic carbocycles. The minimum Gasteiger partial charge on any atom is -0.477 e. The first kappa shape index (κ1) is 31.0. The Labute approximate surface area is 241 Å². The maximum atomic E-state index is 14.7. The molecule has 3 rings (SSSR count). The molecule has 3 aromatic carbocycles. The third-order valence-corrected chi connectivity index (χ3v) is 6.43. The van der Waals surface area contributed by atoms with Crippen molar-refractivity contribution in [2.75, 3.05) is 5.32 Å². The second kappa shape index (κ2) is 12.3. The number of aromatic carboxylic acids is 1. The maximum Gasteiger partial charge on any atom is 0.422 e. The molecular formula is C25H23F3IN3O7S. The number of amides is 1. The highest BCUT2D eigenvalue weighted by atomic mass is 127. The third-order valence-electron chi connectivity index (χ3n) is 4.80. The van der Waals surface area contributed by atoms with E-state index < -0.39 is 62.3 Å². The quantitative estimate of drug-likeness (QED) is 0.206. The first-order valence-electron chi connectivity index (χ1n) is 11.3. The lowest BCUT2D eigenvalue weighted by Crippen LogP contribution is -2.42. The third kappa shape index (κ3) is 8.46. The van der Waals surface area contributed by atoms with E-state index in [0.717, 1.165) is 6.07 Å². The zero-order chi connectivity index (χ0) is 29.8. The molecule has 0 aliphatic heterocycles. The van der Waals surface area contributed by atoms with Crippen molar-refractivity contribution in [3.05, 3.63) is 80.7 Å². The lowest BCUT2D eigenvalue weighted by atomic mass is 10.1. The summed E-state index contributed by atoms with van der Waals surface area (Å²) in [7, 11) is -4.32. The van der Waals surface area contributed by atoms with Gasteiger partial charge in [-0.15, -0.1) is 0 Å². The SMILES string of the molecule is CC(C)(C)OC(=O)NS(=O)(=O)NCc1cccc(Oc2cc(F)c(F)c(Nc3ccc(I)cc3F)c2C(=O)O)c1. The zero-order valence-corrected chi connectivity index (χ0v) is 24.1. The highest BCUT2D eigenvalue weighted by Crippen LogP contribution is 2.37. The normalized spacial score (nSPS) is 11.6. The van der Waals surface area contributed by atoms with E-state index in [1.54, 1.807) is 25.5 Å². The lowest BCUT2D eigenvalue weighted by molar-refractivity contribution is 0.0568. The Morgan fingerprint density at radius 2 is 1.73 bits per heavy atom. The lowest BCUT2D eigenvalue weighted by Gasteiger charge is -2.19. The first-order chi connectivity index (χ1) is 18.5. The van der Waals surface area contributed by atoms with Gasteiger partial charge < -0.3 is 19.9 Å². The summed E-state index contributed by atoms with van der Waals surface area (Å²) in [5.74, 6) is -6.22. The van der Waals surface area contributed by atoms with Gasteiger partial charge in [-0.25, -0.2) is 27.5 Å². The van der Waals surface area contributed by atoms with Crippen LogP contribution in [-0.2, 0) is 21.5 Å². The molecule has 0 heterocycles. The number of benzene rings is 3. The smallest absolute Gasteiger partial charge is 0.422 e. The number of hydrogen-bond acceptors (Lipinski definition) is 7. The summed E-state index contributed by atoms with van der Waals surface area (Å²) in [6, 6.07) is 9.92. The van der Waals surface area contributed by atoms with Crippen molar-refractivity contribution in [2.24, 2.45) is 0 Å². The summed E-state index contributed by atoms with van der Waals surface area (Å²) < 4.78 is 82.7. The van der Waals surface area contributed by atoms with E-state index in [0.29, 0.717) is 15.2 Å². The summed E-state index contributed by atoms with van der Waals surface area (Å²) in [5.41, 5.74) is -2.61. The number of carboxylic acid groups (broad SMARTS) is 1. The first-order valence-corrected chi connectivity index (χ1v) is 13.9. The molecule has 0 fully saturated rings. The van der Waals surface area contributed by atoms with Crippen LogP contribution in [0.1, 0.15) is 36.7 Å². The summed E-state index contributed by atoms with van der Waals surface area (Å²) in [4.78, 5) is 23.8. The van der Waals surface area contributed by atoms with Crippen LogP contribution in [0, 0.1) is 21.0 Å². The standard InChI is InChI=1S/C25H23F3IN3O7S/c1-25(2,3)39-24(35)32-40(36,37)30-12-13-5-4-6-15(9-13)38-19-11-17(27)21(28)22(20(19)23(33)34)31-18-8-7-14(29)10-16(18)26/h4-11,30-31H,12H2,1-3H3,(H,32,35)(H,33,34). The van der Waals surface area contributed by atoms with Crippen LogP contribution in [0.4, 0.5) is 29.3 Å². The minimum atomic E-state index is -4.32. The van der Waals surface area contributed by atoms with Gasteiger partial charge in [-0.05, 0) is 79.3 Å². The second-order valence-corrected chi connectivity index (χ2v) is 11.9. The number of ether oxygens (including phenoxy) is 2. The van der Waals surface area contributed by atoms with Crippen LogP contribution in [0.15, 0.2) is 48.5 Å². The van der Waals surface area contributed by atoms with Crippen LogP contribution < -0.4 is 19.5 Å². The number of anilines is 2. The van der Waals surface area contributed by atoms with Gasteiger partial charge in [0.05, 0.1) is 11.4 Å². The molecule has 1 amide bonds. The molecule has 0 aromatic heterocycles. The topological polar surface area (TPSA) is 143 Å². The molecule has 40 heavy (non-hydrogen) atoms. The monoisotopic (exact) mass is 693 g/mol. The van der Waals surface area contributed by atoms with Crippen molar-refractivity contribution in [1.29, 1.82) is 0 Å². The number of nitrogens with one attached hydrogen (secondary N) is 3. The van der Waals surface area contributed by atoms with Gasteiger partial charge in [0.15, 0.2) is 11.6 Å². The zero-order valence-electron chi connectivity index (χ0n) is 21.1. The van der Waals surface area contributed by atoms with E-state index in [1.165, 1.54) is 36.4 Å². The Hall–Kier alpha value is -3.57. The van der Waals surface area contributed by atoms with Crippen LogP contribution in [0.5, 0.6) is 11.5 Å². The molecule has 0 saturated carbocycles. The number of rotatable bonds is 9. The molecular weight excluding hydrogens is 670 g/mol. The van der Waals surface area contributed by atoms with E-state index in [9.17, 15) is 36.3 Å². The molecule has 0 spiro atoms. The Morgan fingerprint density at radius 3 is 2.35 bits per heavy atom. The molecule has 0 radical (unpaired) electrons. The fourth-order valence-corrected chi connectivity index (χ4v) is 4.35. The Balaban J connectivity index is 1.85. The Bertz CT molecular complexity index is 1560. The fraction of sp³-hybridized carbons (Fsp3) is 0.200. The van der Waals surface area contributed by atoms with Crippen molar-refractivity contribution in [1.82, 2.24) is 9.44 Å². The number of carbonyl (C=O) groups excluding carboxylic acids is 1. The number of halogens is 4. The summed E-state index contributed by atoms with van der Waals surface area (Å²) >= 11 is 1.84. The Kier molecular flexibility index (Phi) is 9.52. The number of carboxylic acids is 1. The van der Waals surface area contributed by atoms with E-state index >= 15 is 0 Å². The molecule has 3 aromatic rings. The van der Waals surface area contributed by atoms with Gasteiger partial charge in [0.1, 0.15) is 28.5 Å². The van der Waals surface area contributed by atoms with Crippen molar-refractivity contribution < 1.29 is 45.8 Å². The average Bonchev–Trinajstić information content (AvgIpc) is 2.81. The highest BCUT2D eigenvalue weighted by Gasteiger charge is 2.26. The summed E-state index contributed by atoms with van der Waals surface area (Å²) in [6.45, 7) is 4.33. The molecule has 0 aliphatic rings. The second-order valence-electron chi connectivity index (χ2n) is 9.15. The van der Waals surface area contributed by atoms with Gasteiger partial charge in [-0.1, -0.05) is 12.1 Å². The van der Waals surface area contributed by atoms with Gasteiger partial charge in [-0.3, -0.25) is 0 Å². The van der Waals surface area contributed by atoms with Crippen molar-refractivity contribution in [3.8, 4) is 11.5 Å². The average molecular weight is 693 g/mol. The van der Waals surface area contributed by atoms with Crippen LogP contribution >= 0.6 is 22.6 Å². The molecule has 4 N–H and O–H groups in total. The van der Waals surface area contributed by atoms with Gasteiger partial charge in [0.2, 0.25) is 0 Å². The fourth-order valence-electron chi connectivity index (χ4n) is 3.21. The summed E-state index contributed by atoms with van der Waals surface area (Å²) in [6.07, 6.45) is -1.19. The van der Waals surface area contributed by atoms with Crippen molar-refractivity contribution in [2.45, 2.75) is 32.9 Å². The van der Waals surface area contributed by atoms with E-state index in [1.807, 2.05) is 22.6 Å². The van der Waals surface area contributed by atoms with Crippen LogP contribution in [0.25, 0.3) is 0 Å². The molecule has 0 unspecified atom stereocenters. The number of hydrogen-bond donors (Lipinski definition) is 4. The molecule has 0 saturated heterocycles. The van der Waals surface area contributed by atoms with Crippen molar-refractivity contribution in [3.63, 3.8) is 0 Å². The largest absolute Gasteiger partial charge is 0.477 e. The maximum absolute atomic E-state index is 14.7. The molecule has 10 nitrogen and oxygen atoms in total. The van der Waals surface area contributed by atoms with Crippen LogP contribution in [-0.4, -0.2) is 31.2 Å². The highest BCUT2D eigenvalue weighted by molar-refractivity contribution is 14.1. The van der Waals surface area contributed by atoms with Gasteiger partial charge in [-0.2, -0.15) is 13.1 Å². The molecule has 214 valence electrons. The summed E-state index contributed by atoms with van der Waals surface area (Å²) in [5, 5.41) is 12.1. The van der Waals surface area contributed by atoms with Gasteiger partial charge in [0.25, 0.3) is 0 Å².